The molecular formula is C12H15N3O. The summed E-state index contributed by atoms with van der Waals surface area (Å²) >= 11 is 0. The molecule has 16 heavy (non-hydrogen) atoms. The molecule has 0 aliphatic rings. The summed E-state index contributed by atoms with van der Waals surface area (Å²) in [6.45, 7) is 4.51. The van der Waals surface area contributed by atoms with Gasteiger partial charge >= 0.3 is 0 Å². The van der Waals surface area contributed by atoms with Gasteiger partial charge in [-0.25, -0.2) is 0 Å². The van der Waals surface area contributed by atoms with Crippen LogP contribution in [0.25, 0.3) is 0 Å². The largest absolute Gasteiger partial charge is 0.378 e. The maximum atomic E-state index is 4.90. The van der Waals surface area contributed by atoms with Crippen molar-refractivity contribution in [1.29, 1.82) is 0 Å². The van der Waals surface area contributed by atoms with Gasteiger partial charge < -0.3 is 9.84 Å². The third kappa shape index (κ3) is 2.59. The molecule has 0 aliphatic heterocycles. The van der Waals surface area contributed by atoms with E-state index in [0.29, 0.717) is 18.3 Å². The quantitative estimate of drug-likeness (QED) is 0.855. The van der Waals surface area contributed by atoms with Crippen LogP contribution < -0.4 is 5.32 Å². The minimum absolute atomic E-state index is 0.588. The van der Waals surface area contributed by atoms with Crippen LogP contribution in [0, 0.1) is 6.92 Å². The molecule has 0 bridgehead atoms. The smallest absolute Gasteiger partial charge is 0.223 e. The van der Waals surface area contributed by atoms with Gasteiger partial charge in [0.25, 0.3) is 0 Å². The van der Waals surface area contributed by atoms with Gasteiger partial charge in [0.05, 0.1) is 6.54 Å². The number of nitrogens with one attached hydrogen (secondary N) is 1. The van der Waals surface area contributed by atoms with Crippen LogP contribution in [0.5, 0.6) is 0 Å². The van der Waals surface area contributed by atoms with E-state index in [9.17, 15) is 0 Å². The Morgan fingerprint density at radius 3 is 2.94 bits per heavy atom. The van der Waals surface area contributed by atoms with Gasteiger partial charge in [-0.3, -0.25) is 0 Å². The summed E-state index contributed by atoms with van der Waals surface area (Å²) in [4.78, 5) is 4.13. The van der Waals surface area contributed by atoms with Crippen molar-refractivity contribution in [3.05, 3.63) is 41.5 Å². The Hall–Kier alpha value is -1.84. The maximum absolute atomic E-state index is 4.90. The molecule has 0 saturated heterocycles. The van der Waals surface area contributed by atoms with Crippen LogP contribution in [0.4, 0.5) is 5.69 Å². The average Bonchev–Trinajstić information content (AvgIpc) is 2.73. The van der Waals surface area contributed by atoms with Crippen LogP contribution in [0.15, 0.2) is 28.8 Å². The summed E-state index contributed by atoms with van der Waals surface area (Å²) in [6.07, 6.45) is 1.04. The molecule has 0 spiro atoms. The highest BCUT2D eigenvalue weighted by Gasteiger charge is 2.01. The number of anilines is 1. The molecule has 1 aromatic carbocycles. The minimum atomic E-state index is 0.588. The lowest BCUT2D eigenvalue weighted by atomic mass is 10.1. The van der Waals surface area contributed by atoms with Crippen molar-refractivity contribution in [2.75, 3.05) is 5.32 Å². The van der Waals surface area contributed by atoms with Crippen molar-refractivity contribution < 1.29 is 4.52 Å². The first-order chi connectivity index (χ1) is 7.78. The van der Waals surface area contributed by atoms with E-state index in [1.165, 1.54) is 5.56 Å². The average molecular weight is 217 g/mol. The number of aryl methyl sites for hydroxylation is 2. The van der Waals surface area contributed by atoms with Crippen molar-refractivity contribution >= 4 is 5.69 Å². The first kappa shape index (κ1) is 10.7. The highest BCUT2D eigenvalue weighted by molar-refractivity contribution is 5.45. The normalized spacial score (nSPS) is 10.4. The number of nitrogens with zero attached hydrogens (tertiary/aromatic N) is 2. The maximum Gasteiger partial charge on any atom is 0.223 e. The van der Waals surface area contributed by atoms with Gasteiger partial charge in [-0.15, -0.1) is 0 Å². The number of rotatable bonds is 4. The monoisotopic (exact) mass is 217 g/mol. The Morgan fingerprint density at radius 1 is 1.38 bits per heavy atom. The van der Waals surface area contributed by atoms with Gasteiger partial charge in [-0.1, -0.05) is 24.2 Å². The Kier molecular flexibility index (Phi) is 3.19. The highest BCUT2D eigenvalue weighted by Crippen LogP contribution is 2.11. The molecule has 4 nitrogen and oxygen atoms in total. The standard InChI is InChI=1S/C12H15N3O/c1-3-10-5-4-6-11(7-10)13-8-12-14-9(2)16-15-12/h4-7,13H,3,8H2,1-2H3. The van der Waals surface area contributed by atoms with Crippen LogP contribution >= 0.6 is 0 Å². The van der Waals surface area contributed by atoms with Crippen LogP contribution in [0.1, 0.15) is 24.2 Å². The first-order valence-electron chi connectivity index (χ1n) is 5.40. The van der Waals surface area contributed by atoms with Gasteiger partial charge in [0, 0.05) is 12.6 Å². The minimum Gasteiger partial charge on any atom is -0.378 e. The van der Waals surface area contributed by atoms with E-state index in [-0.39, 0.29) is 0 Å². The third-order valence-corrected chi connectivity index (χ3v) is 2.36. The van der Waals surface area contributed by atoms with E-state index in [4.69, 9.17) is 4.52 Å². The summed E-state index contributed by atoms with van der Waals surface area (Å²) in [6, 6.07) is 8.32. The topological polar surface area (TPSA) is 51.0 Å². The molecule has 1 heterocycles. The van der Waals surface area contributed by atoms with Crippen LogP contribution in [-0.2, 0) is 13.0 Å². The first-order valence-corrected chi connectivity index (χ1v) is 5.40. The molecule has 0 fully saturated rings. The second kappa shape index (κ2) is 4.79. The number of hydrogen-bond donors (Lipinski definition) is 1. The molecule has 0 radical (unpaired) electrons. The lowest BCUT2D eigenvalue weighted by Crippen LogP contribution is -2.01. The van der Waals surface area contributed by atoms with E-state index in [2.05, 4.69) is 34.5 Å². The second-order valence-corrected chi connectivity index (χ2v) is 3.64. The molecular weight excluding hydrogens is 202 g/mol. The lowest BCUT2D eigenvalue weighted by molar-refractivity contribution is 0.388. The van der Waals surface area contributed by atoms with Crippen molar-refractivity contribution in [3.63, 3.8) is 0 Å². The molecule has 0 saturated carbocycles. The zero-order valence-electron chi connectivity index (χ0n) is 9.53. The summed E-state index contributed by atoms with van der Waals surface area (Å²) in [5.41, 5.74) is 2.40. The fourth-order valence-corrected chi connectivity index (χ4v) is 1.50. The van der Waals surface area contributed by atoms with Crippen molar-refractivity contribution in [3.8, 4) is 0 Å². The predicted octanol–water partition coefficient (Wildman–Crippen LogP) is 2.55. The molecule has 0 amide bonds. The zero-order valence-corrected chi connectivity index (χ0v) is 9.53. The van der Waals surface area contributed by atoms with Crippen LogP contribution in [0.2, 0.25) is 0 Å². The molecule has 0 unspecified atom stereocenters. The van der Waals surface area contributed by atoms with E-state index >= 15 is 0 Å². The number of benzene rings is 1. The van der Waals surface area contributed by atoms with Gasteiger partial charge in [0.2, 0.25) is 5.89 Å². The third-order valence-electron chi connectivity index (χ3n) is 2.36. The Morgan fingerprint density at radius 2 is 2.25 bits per heavy atom. The molecule has 4 heteroatoms. The number of aromatic nitrogens is 2. The van der Waals surface area contributed by atoms with Gasteiger partial charge in [0.15, 0.2) is 5.82 Å². The molecule has 1 N–H and O–H groups in total. The summed E-state index contributed by atoms with van der Waals surface area (Å²) in [5, 5.41) is 7.09. The van der Waals surface area contributed by atoms with Crippen molar-refractivity contribution in [2.24, 2.45) is 0 Å². The van der Waals surface area contributed by atoms with E-state index < -0.39 is 0 Å². The SMILES string of the molecule is CCc1cccc(NCc2noc(C)n2)c1. The Bertz CT molecular complexity index is 465. The predicted molar refractivity (Wildman–Crippen MR) is 62.2 cm³/mol. The number of hydrogen-bond acceptors (Lipinski definition) is 4. The van der Waals surface area contributed by atoms with E-state index in [0.717, 1.165) is 12.1 Å². The molecule has 2 rings (SSSR count). The summed E-state index contributed by atoms with van der Waals surface area (Å²) < 4.78 is 4.90. The summed E-state index contributed by atoms with van der Waals surface area (Å²) in [5.74, 6) is 1.28. The zero-order chi connectivity index (χ0) is 11.4. The van der Waals surface area contributed by atoms with E-state index in [1.54, 1.807) is 6.92 Å². The second-order valence-electron chi connectivity index (χ2n) is 3.64. The fourth-order valence-electron chi connectivity index (χ4n) is 1.50. The highest BCUT2D eigenvalue weighted by atomic mass is 16.5. The lowest BCUT2D eigenvalue weighted by Gasteiger charge is -2.04. The molecule has 84 valence electrons. The summed E-state index contributed by atoms with van der Waals surface area (Å²) in [7, 11) is 0. The van der Waals surface area contributed by atoms with Gasteiger partial charge in [-0.05, 0) is 24.1 Å². The van der Waals surface area contributed by atoms with Gasteiger partial charge in [0.1, 0.15) is 0 Å². The Labute approximate surface area is 94.7 Å². The Balaban J connectivity index is 1.99. The van der Waals surface area contributed by atoms with Crippen molar-refractivity contribution in [2.45, 2.75) is 26.8 Å². The van der Waals surface area contributed by atoms with Crippen LogP contribution in [-0.4, -0.2) is 10.1 Å². The molecule has 1 aromatic heterocycles. The molecule has 0 atom stereocenters. The van der Waals surface area contributed by atoms with E-state index in [1.807, 2.05) is 12.1 Å². The van der Waals surface area contributed by atoms with Crippen LogP contribution in [0.3, 0.4) is 0 Å². The fraction of sp³-hybridized carbons (Fsp3) is 0.333. The van der Waals surface area contributed by atoms with Crippen molar-refractivity contribution in [1.82, 2.24) is 10.1 Å². The molecule has 0 aliphatic carbocycles. The van der Waals surface area contributed by atoms with Gasteiger partial charge in [-0.2, -0.15) is 4.98 Å². The molecule has 2 aromatic rings.